The first-order valence-electron chi connectivity index (χ1n) is 8.77. The van der Waals surface area contributed by atoms with Gasteiger partial charge in [-0.3, -0.25) is 0 Å². The minimum Gasteiger partial charge on any atom is -0.337 e. The maximum absolute atomic E-state index is 12.5. The van der Waals surface area contributed by atoms with Crippen molar-refractivity contribution < 1.29 is 9.59 Å². The SMILES string of the molecule is Cc1cccc(C(C)(C)CNC(=O)N2CCN(C(=O)N(C)C)CC2)c1. The van der Waals surface area contributed by atoms with Crippen LogP contribution >= 0.6 is 0 Å². The third kappa shape index (κ3) is 4.87. The van der Waals surface area contributed by atoms with Crippen LogP contribution in [0.3, 0.4) is 0 Å². The van der Waals surface area contributed by atoms with Crippen molar-refractivity contribution in [2.45, 2.75) is 26.2 Å². The number of piperazine rings is 1. The zero-order valence-electron chi connectivity index (χ0n) is 16.0. The highest BCUT2D eigenvalue weighted by Crippen LogP contribution is 2.23. The number of carbonyl (C=O) groups is 2. The maximum atomic E-state index is 12.5. The number of hydrogen-bond acceptors (Lipinski definition) is 2. The lowest BCUT2D eigenvalue weighted by molar-refractivity contribution is 0.128. The molecule has 0 atom stereocenters. The highest BCUT2D eigenvalue weighted by atomic mass is 16.2. The molecule has 1 aromatic carbocycles. The van der Waals surface area contributed by atoms with Gasteiger partial charge in [0.2, 0.25) is 0 Å². The lowest BCUT2D eigenvalue weighted by Gasteiger charge is -2.36. The third-order valence-electron chi connectivity index (χ3n) is 4.70. The lowest BCUT2D eigenvalue weighted by Crippen LogP contribution is -2.55. The van der Waals surface area contributed by atoms with Crippen LogP contribution in [-0.2, 0) is 5.41 Å². The number of hydrogen-bond donors (Lipinski definition) is 1. The molecule has 1 aromatic rings. The molecule has 1 fully saturated rings. The summed E-state index contributed by atoms with van der Waals surface area (Å²) in [6.45, 7) is 9.20. The summed E-state index contributed by atoms with van der Waals surface area (Å²) >= 11 is 0. The number of aryl methyl sites for hydroxylation is 1. The van der Waals surface area contributed by atoms with Gasteiger partial charge in [0.25, 0.3) is 0 Å². The second-order valence-electron chi connectivity index (χ2n) is 7.56. The molecule has 6 heteroatoms. The molecule has 1 heterocycles. The first-order chi connectivity index (χ1) is 11.7. The normalized spacial score (nSPS) is 15.1. The topological polar surface area (TPSA) is 55.9 Å². The Morgan fingerprint density at radius 2 is 1.72 bits per heavy atom. The minimum absolute atomic E-state index is 0.000592. The number of nitrogens with one attached hydrogen (secondary N) is 1. The molecule has 0 spiro atoms. The van der Waals surface area contributed by atoms with Gasteiger partial charge in [0.1, 0.15) is 0 Å². The van der Waals surface area contributed by atoms with E-state index in [1.807, 2.05) is 0 Å². The molecular weight excluding hydrogens is 316 g/mol. The van der Waals surface area contributed by atoms with Gasteiger partial charge < -0.3 is 20.0 Å². The molecule has 1 saturated heterocycles. The van der Waals surface area contributed by atoms with Gasteiger partial charge in [-0.05, 0) is 12.5 Å². The monoisotopic (exact) mass is 346 g/mol. The van der Waals surface area contributed by atoms with Crippen molar-refractivity contribution in [3.8, 4) is 0 Å². The Kier molecular flexibility index (Phi) is 5.93. The van der Waals surface area contributed by atoms with Crippen molar-refractivity contribution in [1.82, 2.24) is 20.0 Å². The fraction of sp³-hybridized carbons (Fsp3) is 0.579. The number of carbonyl (C=O) groups excluding carboxylic acids is 2. The number of benzene rings is 1. The van der Waals surface area contributed by atoms with Crippen LogP contribution in [0.5, 0.6) is 0 Å². The van der Waals surface area contributed by atoms with Crippen molar-refractivity contribution in [3.05, 3.63) is 35.4 Å². The fourth-order valence-electron chi connectivity index (χ4n) is 2.96. The van der Waals surface area contributed by atoms with E-state index in [2.05, 4.69) is 50.4 Å². The summed E-state index contributed by atoms with van der Waals surface area (Å²) in [6, 6.07) is 8.34. The Balaban J connectivity index is 1.86. The third-order valence-corrected chi connectivity index (χ3v) is 4.70. The van der Waals surface area contributed by atoms with Gasteiger partial charge in [0.05, 0.1) is 0 Å². The quantitative estimate of drug-likeness (QED) is 0.913. The standard InChI is InChI=1S/C19H30N4O2/c1-15-7-6-8-16(13-15)19(2,3)14-20-17(24)22-9-11-23(12-10-22)18(25)21(4)5/h6-8,13H,9-12,14H2,1-5H3,(H,20,24). The van der Waals surface area contributed by atoms with Crippen LogP contribution in [0.1, 0.15) is 25.0 Å². The molecule has 6 nitrogen and oxygen atoms in total. The average molecular weight is 346 g/mol. The highest BCUT2D eigenvalue weighted by Gasteiger charge is 2.27. The summed E-state index contributed by atoms with van der Waals surface area (Å²) in [5, 5.41) is 3.05. The average Bonchev–Trinajstić information content (AvgIpc) is 2.59. The molecule has 0 saturated carbocycles. The van der Waals surface area contributed by atoms with Gasteiger partial charge in [0.15, 0.2) is 0 Å². The molecule has 2 rings (SSSR count). The Bertz CT molecular complexity index is 620. The van der Waals surface area contributed by atoms with Gasteiger partial charge >= 0.3 is 12.1 Å². The molecular formula is C19H30N4O2. The predicted molar refractivity (Wildman–Crippen MR) is 99.8 cm³/mol. The fourth-order valence-corrected chi connectivity index (χ4v) is 2.96. The first-order valence-corrected chi connectivity index (χ1v) is 8.77. The molecule has 25 heavy (non-hydrogen) atoms. The molecule has 0 bridgehead atoms. The zero-order chi connectivity index (χ0) is 18.6. The molecule has 1 aliphatic heterocycles. The number of rotatable bonds is 3. The van der Waals surface area contributed by atoms with Gasteiger partial charge in [0, 0.05) is 52.2 Å². The van der Waals surface area contributed by atoms with Crippen molar-refractivity contribution >= 4 is 12.1 Å². The summed E-state index contributed by atoms with van der Waals surface area (Å²) in [5.41, 5.74) is 2.30. The van der Waals surface area contributed by atoms with Crippen LogP contribution in [-0.4, -0.2) is 73.6 Å². The first kappa shape index (κ1) is 19.1. The number of amides is 4. The van der Waals surface area contributed by atoms with Crippen molar-refractivity contribution in [1.29, 1.82) is 0 Å². The zero-order valence-corrected chi connectivity index (χ0v) is 16.0. The van der Waals surface area contributed by atoms with Crippen LogP contribution in [0.4, 0.5) is 9.59 Å². The molecule has 0 aliphatic carbocycles. The van der Waals surface area contributed by atoms with E-state index in [0.29, 0.717) is 32.7 Å². The highest BCUT2D eigenvalue weighted by molar-refractivity contribution is 5.76. The Labute approximate surface area is 150 Å². The maximum Gasteiger partial charge on any atom is 0.319 e. The van der Waals surface area contributed by atoms with Gasteiger partial charge in [-0.2, -0.15) is 0 Å². The Hall–Kier alpha value is -2.24. The number of nitrogens with zero attached hydrogens (tertiary/aromatic N) is 3. The summed E-state index contributed by atoms with van der Waals surface area (Å²) in [7, 11) is 3.49. The van der Waals surface area contributed by atoms with Crippen LogP contribution in [0.2, 0.25) is 0 Å². The summed E-state index contributed by atoms with van der Waals surface area (Å²) in [4.78, 5) is 29.5. The van der Waals surface area contributed by atoms with Gasteiger partial charge in [-0.25, -0.2) is 9.59 Å². The van der Waals surface area contributed by atoms with E-state index in [4.69, 9.17) is 0 Å². The predicted octanol–water partition coefficient (Wildman–Crippen LogP) is 2.28. The lowest BCUT2D eigenvalue weighted by atomic mass is 9.84. The Morgan fingerprint density at radius 1 is 1.12 bits per heavy atom. The second-order valence-corrected chi connectivity index (χ2v) is 7.56. The van der Waals surface area contributed by atoms with E-state index in [-0.39, 0.29) is 17.5 Å². The van der Waals surface area contributed by atoms with E-state index >= 15 is 0 Å². The Morgan fingerprint density at radius 3 is 2.28 bits per heavy atom. The van der Waals surface area contributed by atoms with Crippen LogP contribution in [0, 0.1) is 6.92 Å². The smallest absolute Gasteiger partial charge is 0.319 e. The molecule has 1 N–H and O–H groups in total. The van der Waals surface area contributed by atoms with Gasteiger partial charge in [-0.1, -0.05) is 43.7 Å². The van der Waals surface area contributed by atoms with E-state index in [1.54, 1.807) is 28.8 Å². The minimum atomic E-state index is -0.135. The molecule has 138 valence electrons. The molecule has 0 unspecified atom stereocenters. The van der Waals surface area contributed by atoms with Crippen molar-refractivity contribution in [3.63, 3.8) is 0 Å². The van der Waals surface area contributed by atoms with Crippen LogP contribution in [0.25, 0.3) is 0 Å². The van der Waals surface area contributed by atoms with E-state index < -0.39 is 0 Å². The second kappa shape index (κ2) is 7.76. The van der Waals surface area contributed by atoms with Crippen molar-refractivity contribution in [2.24, 2.45) is 0 Å². The van der Waals surface area contributed by atoms with Crippen LogP contribution < -0.4 is 5.32 Å². The van der Waals surface area contributed by atoms with E-state index in [1.165, 1.54) is 11.1 Å². The van der Waals surface area contributed by atoms with E-state index in [9.17, 15) is 9.59 Å². The summed E-state index contributed by atoms with van der Waals surface area (Å²) in [6.07, 6.45) is 0. The summed E-state index contributed by atoms with van der Waals surface area (Å²) in [5.74, 6) is 0. The largest absolute Gasteiger partial charge is 0.337 e. The molecule has 4 amide bonds. The van der Waals surface area contributed by atoms with Gasteiger partial charge in [-0.15, -0.1) is 0 Å². The molecule has 1 aliphatic rings. The molecule has 0 aromatic heterocycles. The number of urea groups is 2. The summed E-state index contributed by atoms with van der Waals surface area (Å²) < 4.78 is 0. The molecule has 0 radical (unpaired) electrons. The van der Waals surface area contributed by atoms with E-state index in [0.717, 1.165) is 0 Å². The van der Waals surface area contributed by atoms with Crippen LogP contribution in [0.15, 0.2) is 24.3 Å². The van der Waals surface area contributed by atoms with Crippen molar-refractivity contribution in [2.75, 3.05) is 46.8 Å².